The standard InChI is InChI=1S/C17H20ClNO/c1-12-3-7-14(18)11-16(12)17(19)10-6-13-4-8-15(20-2)9-5-13/h3-5,7-9,11,17H,6,10,19H2,1-2H3. The van der Waals surface area contributed by atoms with Gasteiger partial charge in [0, 0.05) is 11.1 Å². The summed E-state index contributed by atoms with van der Waals surface area (Å²) in [5.41, 5.74) is 9.87. The second-order valence-electron chi connectivity index (χ2n) is 4.99. The molecule has 2 aromatic rings. The molecule has 2 rings (SSSR count). The van der Waals surface area contributed by atoms with Gasteiger partial charge in [-0.25, -0.2) is 0 Å². The van der Waals surface area contributed by atoms with E-state index in [1.54, 1.807) is 7.11 Å². The first-order valence-corrected chi connectivity index (χ1v) is 7.12. The lowest BCUT2D eigenvalue weighted by atomic mass is 9.96. The van der Waals surface area contributed by atoms with E-state index >= 15 is 0 Å². The van der Waals surface area contributed by atoms with Crippen LogP contribution in [-0.4, -0.2) is 7.11 Å². The van der Waals surface area contributed by atoms with Crippen molar-refractivity contribution in [3.8, 4) is 5.75 Å². The Hall–Kier alpha value is -1.51. The molecular formula is C17H20ClNO. The van der Waals surface area contributed by atoms with Crippen LogP contribution in [0.5, 0.6) is 5.75 Å². The van der Waals surface area contributed by atoms with Gasteiger partial charge in [-0.05, 0) is 60.7 Å². The minimum Gasteiger partial charge on any atom is -0.497 e. The molecule has 1 unspecified atom stereocenters. The maximum atomic E-state index is 6.29. The highest BCUT2D eigenvalue weighted by molar-refractivity contribution is 6.30. The first-order chi connectivity index (χ1) is 9.60. The summed E-state index contributed by atoms with van der Waals surface area (Å²) in [4.78, 5) is 0. The van der Waals surface area contributed by atoms with Crippen molar-refractivity contribution in [3.05, 3.63) is 64.2 Å². The quantitative estimate of drug-likeness (QED) is 0.891. The molecular weight excluding hydrogens is 270 g/mol. The maximum Gasteiger partial charge on any atom is 0.118 e. The molecule has 0 saturated carbocycles. The van der Waals surface area contributed by atoms with Crippen LogP contribution in [0.25, 0.3) is 0 Å². The molecule has 0 aliphatic rings. The van der Waals surface area contributed by atoms with E-state index in [2.05, 4.69) is 19.1 Å². The molecule has 106 valence electrons. The van der Waals surface area contributed by atoms with E-state index < -0.39 is 0 Å². The molecule has 0 bridgehead atoms. The highest BCUT2D eigenvalue weighted by Gasteiger charge is 2.10. The first kappa shape index (κ1) is 14.9. The van der Waals surface area contributed by atoms with E-state index in [9.17, 15) is 0 Å². The Kier molecular flexibility index (Phi) is 5.05. The van der Waals surface area contributed by atoms with Gasteiger partial charge in [-0.15, -0.1) is 0 Å². The van der Waals surface area contributed by atoms with Crippen molar-refractivity contribution < 1.29 is 4.74 Å². The monoisotopic (exact) mass is 289 g/mol. The Labute approximate surface area is 125 Å². The Bertz CT molecular complexity index is 566. The van der Waals surface area contributed by atoms with Gasteiger partial charge in [-0.1, -0.05) is 29.8 Å². The normalized spacial score (nSPS) is 12.2. The van der Waals surface area contributed by atoms with E-state index in [0.29, 0.717) is 0 Å². The molecule has 3 heteroatoms. The third kappa shape index (κ3) is 3.75. The Balaban J connectivity index is 2.00. The Morgan fingerprint density at radius 2 is 1.85 bits per heavy atom. The molecule has 0 amide bonds. The lowest BCUT2D eigenvalue weighted by molar-refractivity contribution is 0.414. The summed E-state index contributed by atoms with van der Waals surface area (Å²) in [5, 5.41) is 0.741. The fourth-order valence-corrected chi connectivity index (χ4v) is 2.46. The SMILES string of the molecule is COc1ccc(CCC(N)c2cc(Cl)ccc2C)cc1. The van der Waals surface area contributed by atoms with Crippen LogP contribution in [0.1, 0.15) is 29.2 Å². The molecule has 0 aliphatic heterocycles. The Morgan fingerprint density at radius 1 is 1.15 bits per heavy atom. The van der Waals surface area contributed by atoms with Gasteiger partial charge in [0.1, 0.15) is 5.75 Å². The van der Waals surface area contributed by atoms with Gasteiger partial charge >= 0.3 is 0 Å². The van der Waals surface area contributed by atoms with Crippen LogP contribution in [0.3, 0.4) is 0 Å². The van der Waals surface area contributed by atoms with Crippen molar-refractivity contribution in [2.45, 2.75) is 25.8 Å². The molecule has 0 spiro atoms. The molecule has 20 heavy (non-hydrogen) atoms. The second-order valence-corrected chi connectivity index (χ2v) is 5.43. The van der Waals surface area contributed by atoms with Crippen molar-refractivity contribution in [1.82, 2.24) is 0 Å². The van der Waals surface area contributed by atoms with Crippen LogP contribution in [0.2, 0.25) is 5.02 Å². The average Bonchev–Trinajstić information content (AvgIpc) is 2.47. The summed E-state index contributed by atoms with van der Waals surface area (Å²) in [7, 11) is 1.67. The zero-order chi connectivity index (χ0) is 14.5. The minimum absolute atomic E-state index is 0.0100. The van der Waals surface area contributed by atoms with Gasteiger partial charge in [-0.2, -0.15) is 0 Å². The van der Waals surface area contributed by atoms with Crippen molar-refractivity contribution in [3.63, 3.8) is 0 Å². The van der Waals surface area contributed by atoms with E-state index in [4.69, 9.17) is 22.1 Å². The number of hydrogen-bond acceptors (Lipinski definition) is 2. The molecule has 0 saturated heterocycles. The van der Waals surface area contributed by atoms with Crippen molar-refractivity contribution in [2.24, 2.45) is 5.73 Å². The zero-order valence-corrected chi connectivity index (χ0v) is 12.7. The largest absolute Gasteiger partial charge is 0.497 e. The highest BCUT2D eigenvalue weighted by atomic mass is 35.5. The number of aryl methyl sites for hydroxylation is 2. The molecule has 2 nitrogen and oxygen atoms in total. The fourth-order valence-electron chi connectivity index (χ4n) is 2.28. The summed E-state index contributed by atoms with van der Waals surface area (Å²) in [6.45, 7) is 2.07. The first-order valence-electron chi connectivity index (χ1n) is 6.74. The van der Waals surface area contributed by atoms with Crippen LogP contribution in [-0.2, 0) is 6.42 Å². The molecule has 0 aliphatic carbocycles. The van der Waals surface area contributed by atoms with Gasteiger partial charge in [0.05, 0.1) is 7.11 Å². The van der Waals surface area contributed by atoms with Gasteiger partial charge < -0.3 is 10.5 Å². The van der Waals surface area contributed by atoms with E-state index in [-0.39, 0.29) is 6.04 Å². The van der Waals surface area contributed by atoms with Crippen molar-refractivity contribution >= 4 is 11.6 Å². The average molecular weight is 290 g/mol. The number of halogens is 1. The maximum absolute atomic E-state index is 6.29. The van der Waals surface area contributed by atoms with Gasteiger partial charge in [-0.3, -0.25) is 0 Å². The third-order valence-corrected chi connectivity index (χ3v) is 3.78. The number of methoxy groups -OCH3 is 1. The number of benzene rings is 2. The van der Waals surface area contributed by atoms with E-state index in [1.165, 1.54) is 11.1 Å². The van der Waals surface area contributed by atoms with Gasteiger partial charge in [0.25, 0.3) is 0 Å². The van der Waals surface area contributed by atoms with Crippen molar-refractivity contribution in [1.29, 1.82) is 0 Å². The van der Waals surface area contributed by atoms with Gasteiger partial charge in [0.2, 0.25) is 0 Å². The van der Waals surface area contributed by atoms with Crippen LogP contribution < -0.4 is 10.5 Å². The lowest BCUT2D eigenvalue weighted by Crippen LogP contribution is -2.12. The topological polar surface area (TPSA) is 35.2 Å². The second kappa shape index (κ2) is 6.78. The molecule has 1 atom stereocenters. The smallest absolute Gasteiger partial charge is 0.118 e. The number of nitrogens with two attached hydrogens (primary N) is 1. The van der Waals surface area contributed by atoms with Gasteiger partial charge in [0.15, 0.2) is 0 Å². The highest BCUT2D eigenvalue weighted by Crippen LogP contribution is 2.24. The summed E-state index contributed by atoms with van der Waals surface area (Å²) >= 11 is 6.04. The van der Waals surface area contributed by atoms with Crippen LogP contribution in [0.15, 0.2) is 42.5 Å². The molecule has 0 heterocycles. The Morgan fingerprint density at radius 3 is 2.50 bits per heavy atom. The fraction of sp³-hybridized carbons (Fsp3) is 0.294. The van der Waals surface area contributed by atoms with Crippen LogP contribution in [0, 0.1) is 6.92 Å². The van der Waals surface area contributed by atoms with E-state index in [1.807, 2.05) is 30.3 Å². The predicted molar refractivity (Wildman–Crippen MR) is 84.4 cm³/mol. The lowest BCUT2D eigenvalue weighted by Gasteiger charge is -2.15. The molecule has 2 N–H and O–H groups in total. The van der Waals surface area contributed by atoms with Crippen LogP contribution in [0.4, 0.5) is 0 Å². The number of ether oxygens (including phenoxy) is 1. The molecule has 0 fully saturated rings. The summed E-state index contributed by atoms with van der Waals surface area (Å²) in [6.07, 6.45) is 1.84. The third-order valence-electron chi connectivity index (χ3n) is 3.54. The predicted octanol–water partition coefficient (Wildman–Crippen LogP) is 4.29. The molecule has 2 aromatic carbocycles. The van der Waals surface area contributed by atoms with Crippen LogP contribution >= 0.6 is 11.6 Å². The summed E-state index contributed by atoms with van der Waals surface area (Å²) in [5.74, 6) is 0.878. The molecule has 0 aromatic heterocycles. The minimum atomic E-state index is 0.0100. The zero-order valence-electron chi connectivity index (χ0n) is 11.9. The number of hydrogen-bond donors (Lipinski definition) is 1. The summed E-state index contributed by atoms with van der Waals surface area (Å²) < 4.78 is 5.15. The molecule has 0 radical (unpaired) electrons. The number of rotatable bonds is 5. The van der Waals surface area contributed by atoms with Crippen molar-refractivity contribution in [2.75, 3.05) is 7.11 Å². The van der Waals surface area contributed by atoms with E-state index in [0.717, 1.165) is 29.2 Å². The summed E-state index contributed by atoms with van der Waals surface area (Å²) in [6, 6.07) is 14.0.